The lowest BCUT2D eigenvalue weighted by molar-refractivity contribution is -0.143. The first-order valence-corrected chi connectivity index (χ1v) is 22.8. The second-order valence-corrected chi connectivity index (χ2v) is 16.0. The van der Waals surface area contributed by atoms with E-state index in [9.17, 15) is 33.6 Å². The van der Waals surface area contributed by atoms with Crippen LogP contribution in [0, 0.1) is 11.3 Å². The molecule has 0 aromatic heterocycles. The van der Waals surface area contributed by atoms with E-state index in [1.54, 1.807) is 36.4 Å². The quantitative estimate of drug-likeness (QED) is 0.0454. The minimum Gasteiger partial charge on any atom is -0.492 e. The van der Waals surface area contributed by atoms with E-state index in [0.717, 1.165) is 30.6 Å². The standard InChI is InChI=1S/C46H69N11O9/c1-4-5-6-7-8-9-10-11-39(58)53-29-41(60)51-22-17-40(59)55-35(16-18-47)46(64)57(3)42-32-13-15-38(66-25-21-50)34(28-32)33-26-31(12-14-37(33)65-24-20-49)27-36(44(62)52-23-19-48)56-43(61)30(2)54-45(42)63/h12-15,26,28,30,35-36,42H,4-11,16-18,20-25,27,29,47,49-50H2,1-3H3,(H,51,60)(H,52,62)(H,53,58)(H,54,63)(H,55,59)(H,56,61)/t30-,35-,36-,42-/m0/s1. The lowest BCUT2D eigenvalue weighted by Gasteiger charge is -2.32. The number of fused-ring (bicyclic) bond motifs is 5. The molecule has 4 bridgehead atoms. The second-order valence-electron chi connectivity index (χ2n) is 16.0. The molecule has 0 spiro atoms. The molecule has 0 fully saturated rings. The van der Waals surface area contributed by atoms with Crippen LogP contribution in [-0.2, 0) is 40.0 Å². The van der Waals surface area contributed by atoms with Gasteiger partial charge in [-0.3, -0.25) is 33.6 Å². The van der Waals surface area contributed by atoms with Crippen LogP contribution in [0.5, 0.6) is 11.5 Å². The number of ether oxygens (including phenoxy) is 2. The molecule has 20 heteroatoms. The molecule has 1 aliphatic rings. The molecule has 66 heavy (non-hydrogen) atoms. The molecular weight excluding hydrogens is 851 g/mol. The number of unbranched alkanes of at least 4 members (excludes halogenated alkanes) is 6. The number of hydrogen-bond donors (Lipinski definition) is 9. The number of nitrogens with one attached hydrogen (secondary N) is 6. The first kappa shape index (κ1) is 54.0. The third-order valence-corrected chi connectivity index (χ3v) is 10.8. The molecule has 1 heterocycles. The predicted molar refractivity (Wildman–Crippen MR) is 247 cm³/mol. The highest BCUT2D eigenvalue weighted by atomic mass is 16.5. The van der Waals surface area contributed by atoms with E-state index < -0.39 is 59.6 Å². The third kappa shape index (κ3) is 17.6. The van der Waals surface area contributed by atoms with Crippen LogP contribution in [0.3, 0.4) is 0 Å². The van der Waals surface area contributed by atoms with Crippen LogP contribution in [0.25, 0.3) is 11.1 Å². The number of hydrogen-bond acceptors (Lipinski definition) is 13. The van der Waals surface area contributed by atoms with Gasteiger partial charge >= 0.3 is 0 Å². The molecule has 0 saturated heterocycles. The second kappa shape index (κ2) is 29.3. The molecule has 7 amide bonds. The van der Waals surface area contributed by atoms with Gasteiger partial charge < -0.3 is 63.5 Å². The van der Waals surface area contributed by atoms with Gasteiger partial charge in [0.1, 0.15) is 55.4 Å². The van der Waals surface area contributed by atoms with Crippen molar-refractivity contribution < 1.29 is 43.0 Å². The van der Waals surface area contributed by atoms with Crippen LogP contribution in [0.4, 0.5) is 0 Å². The van der Waals surface area contributed by atoms with Crippen molar-refractivity contribution in [1.82, 2.24) is 36.8 Å². The van der Waals surface area contributed by atoms with Gasteiger partial charge in [-0.25, -0.2) is 0 Å². The number of likely N-dealkylation sites (N-methyl/N-ethyl adjacent to an activating group) is 1. The van der Waals surface area contributed by atoms with Gasteiger partial charge in [0.15, 0.2) is 0 Å². The number of rotatable bonds is 26. The van der Waals surface area contributed by atoms with E-state index in [1.807, 2.05) is 6.07 Å². The summed E-state index contributed by atoms with van der Waals surface area (Å²) < 4.78 is 12.1. The Hall–Kier alpha value is -6.30. The summed E-state index contributed by atoms with van der Waals surface area (Å²) in [5.74, 6) is -3.36. The molecule has 0 radical (unpaired) electrons. The van der Waals surface area contributed by atoms with Crippen molar-refractivity contribution >= 4 is 41.4 Å². The third-order valence-electron chi connectivity index (χ3n) is 10.8. The molecular formula is C46H69N11O9. The molecule has 20 nitrogen and oxygen atoms in total. The van der Waals surface area contributed by atoms with E-state index >= 15 is 0 Å². The molecule has 12 N–H and O–H groups in total. The number of carbonyl (C=O) groups is 7. The normalized spacial score (nSPS) is 16.2. The topological polar surface area (TPSA) is 315 Å². The van der Waals surface area contributed by atoms with Crippen molar-refractivity contribution in [3.05, 3.63) is 47.5 Å². The molecule has 362 valence electrons. The average molecular weight is 920 g/mol. The van der Waals surface area contributed by atoms with Gasteiger partial charge in [-0.1, -0.05) is 57.6 Å². The van der Waals surface area contributed by atoms with Crippen molar-refractivity contribution in [3.8, 4) is 28.7 Å². The molecule has 0 unspecified atom stereocenters. The van der Waals surface area contributed by atoms with Gasteiger partial charge in [-0.15, -0.1) is 0 Å². The van der Waals surface area contributed by atoms with Gasteiger partial charge in [0.25, 0.3) is 0 Å². The summed E-state index contributed by atoms with van der Waals surface area (Å²) in [6.45, 7) is 3.55. The largest absolute Gasteiger partial charge is 0.492 e. The van der Waals surface area contributed by atoms with Crippen molar-refractivity contribution in [2.75, 3.05) is 59.5 Å². The minimum absolute atomic E-state index is 0.00930. The fourth-order valence-corrected chi connectivity index (χ4v) is 7.28. The Kier molecular flexibility index (Phi) is 24.0. The van der Waals surface area contributed by atoms with E-state index in [-0.39, 0.29) is 77.7 Å². The van der Waals surface area contributed by atoms with Crippen LogP contribution in [0.2, 0.25) is 0 Å². The number of amides is 7. The number of carbonyl (C=O) groups excluding carboxylic acids is 7. The summed E-state index contributed by atoms with van der Waals surface area (Å²) in [7, 11) is 1.38. The first-order valence-electron chi connectivity index (χ1n) is 22.8. The van der Waals surface area contributed by atoms with Crippen molar-refractivity contribution in [2.24, 2.45) is 17.2 Å². The lowest BCUT2D eigenvalue weighted by Crippen LogP contribution is -2.56. The zero-order chi connectivity index (χ0) is 48.4. The van der Waals surface area contributed by atoms with Crippen LogP contribution in [0.15, 0.2) is 36.4 Å². The van der Waals surface area contributed by atoms with Crippen LogP contribution in [0.1, 0.15) is 95.2 Å². The van der Waals surface area contributed by atoms with Crippen LogP contribution >= 0.6 is 0 Å². The predicted octanol–water partition coefficient (Wildman–Crippen LogP) is 0.310. The van der Waals surface area contributed by atoms with Gasteiger partial charge in [-0.05, 0) is 61.7 Å². The zero-order valence-corrected chi connectivity index (χ0v) is 38.5. The average Bonchev–Trinajstić information content (AvgIpc) is 3.30. The Balaban J connectivity index is 1.90. The summed E-state index contributed by atoms with van der Waals surface area (Å²) in [5.41, 5.74) is 19.3. The van der Waals surface area contributed by atoms with E-state index in [2.05, 4.69) is 38.8 Å². The molecule has 0 saturated carbocycles. The Labute approximate surface area is 387 Å². The number of nitrogens with two attached hydrogens (primary N) is 3. The molecule has 4 atom stereocenters. The van der Waals surface area contributed by atoms with Gasteiger partial charge in [0, 0.05) is 57.1 Å². The first-order chi connectivity index (χ1) is 31.8. The maximum atomic E-state index is 14.4. The van der Waals surface area contributed by atoms with E-state index in [0.29, 0.717) is 40.2 Å². The van der Waals surface area contributed by atoms with Crippen molar-refractivity contribution in [3.63, 3.8) is 0 Å². The lowest BCUT2D eigenvalue weighted by atomic mass is 9.93. The number of nitriles is 1. The Bertz CT molecular complexity index is 1990. The Morgan fingerprint density at radius 2 is 1.45 bits per heavy atom. The Morgan fingerprint density at radius 1 is 0.803 bits per heavy atom. The van der Waals surface area contributed by atoms with Crippen molar-refractivity contribution in [1.29, 1.82) is 5.26 Å². The number of nitrogens with zero attached hydrogens (tertiary/aromatic N) is 2. The maximum absolute atomic E-state index is 14.4. The molecule has 1 aliphatic heterocycles. The summed E-state index contributed by atoms with van der Waals surface area (Å²) in [6.07, 6.45) is 7.56. The summed E-state index contributed by atoms with van der Waals surface area (Å²) >= 11 is 0. The number of benzene rings is 2. The summed E-state index contributed by atoms with van der Waals surface area (Å²) in [5, 5.41) is 24.8. The maximum Gasteiger partial charge on any atom is 0.248 e. The molecule has 2 aromatic carbocycles. The SMILES string of the molecule is CCCCCCCCCC(=O)NCC(=O)NCCC(=O)N[C@@H](CCN)C(=O)N(C)[C@@H]1C(=O)N[C@@H](C)C(=O)N[C@H](C(=O)NCC#N)Cc2ccc(OCCN)c(c2)-c2cc1ccc2OCCN. The monoisotopic (exact) mass is 920 g/mol. The van der Waals surface area contributed by atoms with Gasteiger partial charge in [0.05, 0.1) is 12.6 Å². The fraction of sp³-hybridized carbons (Fsp3) is 0.565. The highest BCUT2D eigenvalue weighted by molar-refractivity contribution is 5.96. The molecule has 2 aromatic rings. The Morgan fingerprint density at radius 3 is 2.11 bits per heavy atom. The summed E-state index contributed by atoms with van der Waals surface area (Å²) in [6, 6.07) is 6.85. The minimum atomic E-state index is -1.42. The van der Waals surface area contributed by atoms with Crippen molar-refractivity contribution in [2.45, 2.75) is 109 Å². The summed E-state index contributed by atoms with van der Waals surface area (Å²) in [4.78, 5) is 94.8. The van der Waals surface area contributed by atoms with E-state index in [1.165, 1.54) is 33.2 Å². The van der Waals surface area contributed by atoms with Gasteiger partial charge in [0.2, 0.25) is 41.4 Å². The van der Waals surface area contributed by atoms with Crippen LogP contribution in [-0.4, -0.2) is 124 Å². The van der Waals surface area contributed by atoms with Crippen LogP contribution < -0.4 is 58.6 Å². The smallest absolute Gasteiger partial charge is 0.248 e. The molecule has 0 aliphatic carbocycles. The van der Waals surface area contributed by atoms with E-state index in [4.69, 9.17) is 31.9 Å². The zero-order valence-electron chi connectivity index (χ0n) is 38.5. The molecule has 3 rings (SSSR count). The fourth-order valence-electron chi connectivity index (χ4n) is 7.28. The highest BCUT2D eigenvalue weighted by Gasteiger charge is 2.36. The van der Waals surface area contributed by atoms with Gasteiger partial charge in [-0.2, -0.15) is 5.26 Å². The highest BCUT2D eigenvalue weighted by Crippen LogP contribution is 2.40.